The first kappa shape index (κ1) is 13.0. The Hall–Kier alpha value is -2.05. The van der Waals surface area contributed by atoms with E-state index in [0.29, 0.717) is 44.2 Å². The Labute approximate surface area is 117 Å². The summed E-state index contributed by atoms with van der Waals surface area (Å²) >= 11 is 0. The van der Waals surface area contributed by atoms with E-state index < -0.39 is 0 Å². The Morgan fingerprint density at radius 1 is 1.15 bits per heavy atom. The molecule has 1 fully saturated rings. The largest absolute Gasteiger partial charge is 0.477 e. The quantitative estimate of drug-likeness (QED) is 0.723. The number of carbonyl (C=O) groups is 2. The van der Waals surface area contributed by atoms with E-state index in [1.807, 2.05) is 0 Å². The lowest BCUT2D eigenvalue weighted by molar-refractivity contribution is -0.130. The second kappa shape index (κ2) is 5.15. The van der Waals surface area contributed by atoms with Crippen LogP contribution in [0, 0.1) is 0 Å². The van der Waals surface area contributed by atoms with Crippen molar-refractivity contribution in [3.05, 3.63) is 11.8 Å². The lowest BCUT2D eigenvalue weighted by Crippen LogP contribution is -2.50. The van der Waals surface area contributed by atoms with Gasteiger partial charge in [0.1, 0.15) is 5.56 Å². The molecule has 0 radical (unpaired) electrons. The van der Waals surface area contributed by atoms with Crippen molar-refractivity contribution < 1.29 is 14.3 Å². The predicted molar refractivity (Wildman–Crippen MR) is 70.5 cm³/mol. The SMILES string of the molecule is CC(=O)N1CCN(C(=O)c2cnn3c2OCCC3)CC1. The number of amides is 2. The van der Waals surface area contributed by atoms with Crippen molar-refractivity contribution in [2.45, 2.75) is 19.9 Å². The highest BCUT2D eigenvalue weighted by atomic mass is 16.5. The van der Waals surface area contributed by atoms with Gasteiger partial charge in [-0.15, -0.1) is 0 Å². The maximum atomic E-state index is 12.5. The minimum absolute atomic E-state index is 0.0587. The number of nitrogens with zero attached hydrogens (tertiary/aromatic N) is 4. The van der Waals surface area contributed by atoms with Crippen molar-refractivity contribution in [3.63, 3.8) is 0 Å². The molecule has 0 aromatic carbocycles. The van der Waals surface area contributed by atoms with Crippen LogP contribution in [0.25, 0.3) is 0 Å². The molecule has 7 nitrogen and oxygen atoms in total. The third kappa shape index (κ3) is 2.23. The number of hydrogen-bond donors (Lipinski definition) is 0. The van der Waals surface area contributed by atoms with Crippen molar-refractivity contribution in [1.29, 1.82) is 0 Å². The second-order valence-electron chi connectivity index (χ2n) is 5.09. The summed E-state index contributed by atoms with van der Waals surface area (Å²) in [7, 11) is 0. The van der Waals surface area contributed by atoms with Gasteiger partial charge in [0.2, 0.25) is 11.8 Å². The number of ether oxygens (including phenoxy) is 1. The highest BCUT2D eigenvalue weighted by molar-refractivity contribution is 5.96. The molecule has 1 aromatic heterocycles. The average Bonchev–Trinajstić information content (AvgIpc) is 2.90. The Bertz CT molecular complexity index is 532. The number of carbonyl (C=O) groups excluding carboxylic acids is 2. The molecular formula is C13H18N4O3. The lowest BCUT2D eigenvalue weighted by Gasteiger charge is -2.34. The van der Waals surface area contributed by atoms with E-state index in [9.17, 15) is 9.59 Å². The van der Waals surface area contributed by atoms with E-state index >= 15 is 0 Å². The molecule has 0 bridgehead atoms. The standard InChI is InChI=1S/C13H18N4O3/c1-10(18)15-4-6-16(7-5-15)12(19)11-9-14-17-3-2-8-20-13(11)17/h9H,2-8H2,1H3. The summed E-state index contributed by atoms with van der Waals surface area (Å²) in [5.41, 5.74) is 0.529. The molecule has 108 valence electrons. The van der Waals surface area contributed by atoms with E-state index in [4.69, 9.17) is 4.74 Å². The highest BCUT2D eigenvalue weighted by Crippen LogP contribution is 2.24. The summed E-state index contributed by atoms with van der Waals surface area (Å²) < 4.78 is 7.29. The van der Waals surface area contributed by atoms with Crippen LogP contribution in [-0.4, -0.2) is 64.2 Å². The summed E-state index contributed by atoms with van der Waals surface area (Å²) in [4.78, 5) is 27.3. The maximum absolute atomic E-state index is 12.5. The number of hydrogen-bond acceptors (Lipinski definition) is 4. The molecular weight excluding hydrogens is 260 g/mol. The monoisotopic (exact) mass is 278 g/mol. The topological polar surface area (TPSA) is 67.7 Å². The van der Waals surface area contributed by atoms with Crippen LogP contribution in [0.4, 0.5) is 0 Å². The van der Waals surface area contributed by atoms with Gasteiger partial charge in [-0.3, -0.25) is 9.59 Å². The second-order valence-corrected chi connectivity index (χ2v) is 5.09. The van der Waals surface area contributed by atoms with Crippen molar-refractivity contribution in [2.24, 2.45) is 0 Å². The molecule has 1 saturated heterocycles. The summed E-state index contributed by atoms with van der Waals surface area (Å²) in [6.45, 7) is 5.27. The van der Waals surface area contributed by atoms with Gasteiger partial charge in [0.25, 0.3) is 5.91 Å². The average molecular weight is 278 g/mol. The fraction of sp³-hybridized carbons (Fsp3) is 0.615. The summed E-state index contributed by atoms with van der Waals surface area (Å²) in [5, 5.41) is 4.20. The molecule has 2 amide bonds. The molecule has 0 saturated carbocycles. The molecule has 0 unspecified atom stereocenters. The molecule has 0 spiro atoms. The molecule has 0 aliphatic carbocycles. The zero-order valence-electron chi connectivity index (χ0n) is 11.5. The Morgan fingerprint density at radius 3 is 2.55 bits per heavy atom. The van der Waals surface area contributed by atoms with Gasteiger partial charge >= 0.3 is 0 Å². The number of rotatable bonds is 1. The zero-order chi connectivity index (χ0) is 14.1. The minimum atomic E-state index is -0.0589. The van der Waals surface area contributed by atoms with Crippen LogP contribution in [0.1, 0.15) is 23.7 Å². The molecule has 3 heterocycles. The van der Waals surface area contributed by atoms with E-state index in [2.05, 4.69) is 5.10 Å². The van der Waals surface area contributed by atoms with Gasteiger partial charge in [-0.2, -0.15) is 5.10 Å². The molecule has 2 aliphatic rings. The van der Waals surface area contributed by atoms with E-state index in [1.165, 1.54) is 0 Å². The van der Waals surface area contributed by atoms with Crippen LogP contribution in [-0.2, 0) is 11.3 Å². The van der Waals surface area contributed by atoms with E-state index in [-0.39, 0.29) is 11.8 Å². The summed E-state index contributed by atoms with van der Waals surface area (Å²) in [5.74, 6) is 0.579. The number of aromatic nitrogens is 2. The zero-order valence-corrected chi connectivity index (χ0v) is 11.5. The molecule has 7 heteroatoms. The molecule has 0 N–H and O–H groups in total. The van der Waals surface area contributed by atoms with Crippen LogP contribution < -0.4 is 4.74 Å². The van der Waals surface area contributed by atoms with Crippen molar-refractivity contribution >= 4 is 11.8 Å². The van der Waals surface area contributed by atoms with Gasteiger partial charge < -0.3 is 14.5 Å². The Kier molecular flexibility index (Phi) is 3.33. The van der Waals surface area contributed by atoms with Crippen molar-refractivity contribution in [1.82, 2.24) is 19.6 Å². The van der Waals surface area contributed by atoms with Crippen molar-refractivity contribution in [2.75, 3.05) is 32.8 Å². The van der Waals surface area contributed by atoms with Crippen LogP contribution in [0.2, 0.25) is 0 Å². The van der Waals surface area contributed by atoms with Gasteiger partial charge in [0.05, 0.1) is 12.8 Å². The number of aryl methyl sites for hydroxylation is 1. The maximum Gasteiger partial charge on any atom is 0.261 e. The lowest BCUT2D eigenvalue weighted by atomic mass is 10.2. The van der Waals surface area contributed by atoms with Crippen LogP contribution in [0.3, 0.4) is 0 Å². The molecule has 2 aliphatic heterocycles. The predicted octanol–water partition coefficient (Wildman–Crippen LogP) is -0.0301. The van der Waals surface area contributed by atoms with E-state index in [1.54, 1.807) is 27.6 Å². The third-order valence-corrected chi connectivity index (χ3v) is 3.79. The Balaban J connectivity index is 1.71. The fourth-order valence-electron chi connectivity index (χ4n) is 2.61. The van der Waals surface area contributed by atoms with Crippen molar-refractivity contribution in [3.8, 4) is 5.88 Å². The molecule has 3 rings (SSSR count). The highest BCUT2D eigenvalue weighted by Gasteiger charge is 2.28. The normalized spacial score (nSPS) is 18.4. The number of piperazine rings is 1. The molecule has 0 atom stereocenters. The van der Waals surface area contributed by atoms with Crippen LogP contribution in [0.5, 0.6) is 5.88 Å². The van der Waals surface area contributed by atoms with Gasteiger partial charge in [-0.25, -0.2) is 4.68 Å². The molecule has 1 aromatic rings. The first-order chi connectivity index (χ1) is 9.66. The smallest absolute Gasteiger partial charge is 0.261 e. The first-order valence-electron chi connectivity index (χ1n) is 6.90. The van der Waals surface area contributed by atoms with Gasteiger partial charge in [-0.05, 0) is 0 Å². The van der Waals surface area contributed by atoms with Crippen LogP contribution in [0.15, 0.2) is 6.20 Å². The molecule has 20 heavy (non-hydrogen) atoms. The number of fused-ring (bicyclic) bond motifs is 1. The first-order valence-corrected chi connectivity index (χ1v) is 6.90. The third-order valence-electron chi connectivity index (χ3n) is 3.79. The summed E-state index contributed by atoms with van der Waals surface area (Å²) in [6.07, 6.45) is 2.50. The summed E-state index contributed by atoms with van der Waals surface area (Å²) in [6, 6.07) is 0. The van der Waals surface area contributed by atoms with Gasteiger partial charge in [0.15, 0.2) is 0 Å². The van der Waals surface area contributed by atoms with Crippen LogP contribution >= 0.6 is 0 Å². The van der Waals surface area contributed by atoms with Gasteiger partial charge in [-0.1, -0.05) is 0 Å². The minimum Gasteiger partial charge on any atom is -0.477 e. The fourth-order valence-corrected chi connectivity index (χ4v) is 2.61. The Morgan fingerprint density at radius 2 is 1.85 bits per heavy atom. The van der Waals surface area contributed by atoms with E-state index in [0.717, 1.165) is 13.0 Å². The van der Waals surface area contributed by atoms with Gasteiger partial charge in [0, 0.05) is 46.1 Å².